The van der Waals surface area contributed by atoms with E-state index in [-0.39, 0.29) is 19.8 Å². The molecule has 5 rings (SSSR count). The van der Waals surface area contributed by atoms with Gasteiger partial charge in [0.25, 0.3) is 0 Å². The lowest BCUT2D eigenvalue weighted by Crippen LogP contribution is -2.38. The second-order valence-corrected chi connectivity index (χ2v) is 8.30. The van der Waals surface area contributed by atoms with Crippen LogP contribution in [0.25, 0.3) is 21.9 Å². The zero-order chi connectivity index (χ0) is 24.5. The summed E-state index contributed by atoms with van der Waals surface area (Å²) in [6, 6.07) is 5.11. The number of cyclic esters (lactones) is 1. The summed E-state index contributed by atoms with van der Waals surface area (Å²) in [5.74, 6) is 0.708. The number of hydrogen-bond donors (Lipinski definition) is 1. The number of carbonyl (C=O) groups excluding carboxylic acids is 2. The van der Waals surface area contributed by atoms with Gasteiger partial charge in [0, 0.05) is 35.6 Å². The quantitative estimate of drug-likeness (QED) is 0.506. The average Bonchev–Trinajstić information content (AvgIpc) is 3.52. The van der Waals surface area contributed by atoms with E-state index in [9.17, 15) is 9.59 Å². The first-order valence-electron chi connectivity index (χ1n) is 11.3. The molecule has 1 aromatic heterocycles. The lowest BCUT2D eigenvalue weighted by atomic mass is 9.91. The summed E-state index contributed by atoms with van der Waals surface area (Å²) in [5, 5.41) is 10.6. The fraction of sp³-hybridized carbons (Fsp3) is 0.360. The topological polar surface area (TPSA) is 120 Å². The molecule has 0 saturated carbocycles. The standard InChI is InChI=1S/C25H25N3O7/c1-32-19-9-14-8-15-13-35-24(31)22(15)21(17(14)10-20(19)33-2)16-11-26-25(27-12-16)28-5-3-4-18(28)23(30)34-7-6-29/h8-12,18,29H,3-7,13H2,1-2H3/t18-/m0/s1. The number of benzene rings is 2. The highest BCUT2D eigenvalue weighted by atomic mass is 16.5. The van der Waals surface area contributed by atoms with Gasteiger partial charge in [0.05, 0.1) is 26.4 Å². The van der Waals surface area contributed by atoms with E-state index in [0.717, 1.165) is 22.8 Å². The molecule has 0 unspecified atom stereocenters. The predicted molar refractivity (Wildman–Crippen MR) is 126 cm³/mol. The minimum absolute atomic E-state index is 0.0422. The molecule has 2 aliphatic rings. The van der Waals surface area contributed by atoms with Crippen molar-refractivity contribution in [3.8, 4) is 22.6 Å². The largest absolute Gasteiger partial charge is 0.493 e. The predicted octanol–water partition coefficient (Wildman–Crippen LogP) is 2.49. The summed E-state index contributed by atoms with van der Waals surface area (Å²) in [7, 11) is 3.13. The summed E-state index contributed by atoms with van der Waals surface area (Å²) in [5.41, 5.74) is 2.56. The van der Waals surface area contributed by atoms with Crippen molar-refractivity contribution in [1.82, 2.24) is 9.97 Å². The number of nitrogens with zero attached hydrogens (tertiary/aromatic N) is 3. The molecule has 1 N–H and O–H groups in total. The van der Waals surface area contributed by atoms with Crippen LogP contribution in [0.3, 0.4) is 0 Å². The molecule has 2 aromatic carbocycles. The van der Waals surface area contributed by atoms with Gasteiger partial charge in [0.1, 0.15) is 19.3 Å². The molecule has 0 radical (unpaired) electrons. The van der Waals surface area contributed by atoms with Crippen molar-refractivity contribution in [3.63, 3.8) is 0 Å². The Morgan fingerprint density at radius 1 is 1.14 bits per heavy atom. The summed E-state index contributed by atoms with van der Waals surface area (Å²) >= 11 is 0. The van der Waals surface area contributed by atoms with E-state index in [1.807, 2.05) is 18.2 Å². The molecular formula is C25H25N3O7. The number of methoxy groups -OCH3 is 2. The fourth-order valence-electron chi connectivity index (χ4n) is 4.74. The van der Waals surface area contributed by atoms with Crippen LogP contribution < -0.4 is 14.4 Å². The number of ether oxygens (including phenoxy) is 4. The van der Waals surface area contributed by atoms with Crippen LogP contribution in [-0.2, 0) is 20.9 Å². The highest BCUT2D eigenvalue weighted by Crippen LogP contribution is 2.42. The molecule has 0 spiro atoms. The summed E-state index contributed by atoms with van der Waals surface area (Å²) in [4.78, 5) is 35.9. The van der Waals surface area contributed by atoms with Crippen LogP contribution in [0.15, 0.2) is 30.6 Å². The number of carbonyl (C=O) groups is 2. The second kappa shape index (κ2) is 9.38. The Bertz CT molecular complexity index is 1290. The van der Waals surface area contributed by atoms with Gasteiger partial charge in [-0.3, -0.25) is 0 Å². The highest BCUT2D eigenvalue weighted by molar-refractivity contribution is 6.11. The van der Waals surface area contributed by atoms with Gasteiger partial charge in [0.2, 0.25) is 5.95 Å². The minimum Gasteiger partial charge on any atom is -0.493 e. The number of hydrogen-bond acceptors (Lipinski definition) is 10. The van der Waals surface area contributed by atoms with E-state index in [4.69, 9.17) is 24.1 Å². The zero-order valence-electron chi connectivity index (χ0n) is 19.4. The molecule has 10 nitrogen and oxygen atoms in total. The highest BCUT2D eigenvalue weighted by Gasteiger charge is 2.34. The van der Waals surface area contributed by atoms with Crippen molar-refractivity contribution in [1.29, 1.82) is 0 Å². The maximum atomic E-state index is 12.7. The van der Waals surface area contributed by atoms with Crippen molar-refractivity contribution in [2.24, 2.45) is 0 Å². The maximum absolute atomic E-state index is 12.7. The molecule has 1 saturated heterocycles. The first-order valence-corrected chi connectivity index (χ1v) is 11.3. The van der Waals surface area contributed by atoms with Crippen LogP contribution >= 0.6 is 0 Å². The maximum Gasteiger partial charge on any atom is 0.339 e. The summed E-state index contributed by atoms with van der Waals surface area (Å²) in [6.07, 6.45) is 4.72. The monoisotopic (exact) mass is 479 g/mol. The molecule has 10 heteroatoms. The Balaban J connectivity index is 1.57. The van der Waals surface area contributed by atoms with Crippen molar-refractivity contribution < 1.29 is 33.6 Å². The lowest BCUT2D eigenvalue weighted by Gasteiger charge is -2.23. The van der Waals surface area contributed by atoms with E-state index in [1.165, 1.54) is 0 Å². The van der Waals surface area contributed by atoms with Gasteiger partial charge in [-0.1, -0.05) is 0 Å². The molecule has 0 aliphatic carbocycles. The molecule has 35 heavy (non-hydrogen) atoms. The smallest absolute Gasteiger partial charge is 0.339 e. The molecule has 182 valence electrons. The van der Waals surface area contributed by atoms with Gasteiger partial charge in [-0.15, -0.1) is 0 Å². The summed E-state index contributed by atoms with van der Waals surface area (Å²) < 4.78 is 21.4. The van der Waals surface area contributed by atoms with Crippen LogP contribution in [0.4, 0.5) is 5.95 Å². The van der Waals surface area contributed by atoms with Crippen LogP contribution in [0.2, 0.25) is 0 Å². The van der Waals surface area contributed by atoms with E-state index >= 15 is 0 Å². The van der Waals surface area contributed by atoms with Crippen molar-refractivity contribution >= 4 is 28.7 Å². The zero-order valence-corrected chi connectivity index (χ0v) is 19.4. The van der Waals surface area contributed by atoms with Gasteiger partial charge in [-0.2, -0.15) is 0 Å². The molecule has 1 atom stereocenters. The number of esters is 2. The second-order valence-electron chi connectivity index (χ2n) is 8.30. The van der Waals surface area contributed by atoms with E-state index in [0.29, 0.717) is 47.1 Å². The SMILES string of the molecule is COc1cc2cc3c(c(-c4cnc(N5CCC[C@H]5C(=O)OCCO)nc4)c2cc1OC)C(=O)OC3. The average molecular weight is 479 g/mol. The van der Waals surface area contributed by atoms with E-state index in [1.54, 1.807) is 31.5 Å². The van der Waals surface area contributed by atoms with Gasteiger partial charge in [-0.25, -0.2) is 19.6 Å². The third-order valence-corrected chi connectivity index (χ3v) is 6.33. The van der Waals surface area contributed by atoms with Crippen LogP contribution in [0.5, 0.6) is 11.5 Å². The van der Waals surface area contributed by atoms with E-state index < -0.39 is 18.0 Å². The Morgan fingerprint density at radius 3 is 2.60 bits per heavy atom. The lowest BCUT2D eigenvalue weighted by molar-refractivity contribution is -0.146. The minimum atomic E-state index is -0.499. The van der Waals surface area contributed by atoms with Crippen LogP contribution in [0.1, 0.15) is 28.8 Å². The number of aliphatic hydroxyl groups is 1. The van der Waals surface area contributed by atoms with Crippen LogP contribution in [0, 0.1) is 0 Å². The Labute approximate surface area is 201 Å². The first-order chi connectivity index (χ1) is 17.0. The van der Waals surface area contributed by atoms with Crippen LogP contribution in [-0.4, -0.2) is 67.0 Å². The van der Waals surface area contributed by atoms with Crippen molar-refractivity contribution in [2.45, 2.75) is 25.5 Å². The van der Waals surface area contributed by atoms with Gasteiger partial charge in [-0.05, 0) is 41.8 Å². The van der Waals surface area contributed by atoms with Gasteiger partial charge >= 0.3 is 11.9 Å². The Hall–Kier alpha value is -3.92. The van der Waals surface area contributed by atoms with E-state index in [2.05, 4.69) is 9.97 Å². The fourth-order valence-corrected chi connectivity index (χ4v) is 4.74. The van der Waals surface area contributed by atoms with Crippen molar-refractivity contribution in [3.05, 3.63) is 41.7 Å². The number of anilines is 1. The molecule has 3 heterocycles. The summed E-state index contributed by atoms with van der Waals surface area (Å²) in [6.45, 7) is 0.540. The first kappa shape index (κ1) is 22.9. The normalized spacial score (nSPS) is 16.8. The molecule has 2 aliphatic heterocycles. The Kier molecular flexibility index (Phi) is 6.12. The number of rotatable bonds is 7. The molecule has 0 amide bonds. The van der Waals surface area contributed by atoms with Gasteiger partial charge in [0.15, 0.2) is 11.5 Å². The number of fused-ring (bicyclic) bond motifs is 2. The Morgan fingerprint density at radius 2 is 1.89 bits per heavy atom. The van der Waals surface area contributed by atoms with Gasteiger partial charge < -0.3 is 29.0 Å². The third kappa shape index (κ3) is 3.99. The third-order valence-electron chi connectivity index (χ3n) is 6.33. The molecule has 0 bridgehead atoms. The number of aromatic nitrogens is 2. The molecule has 3 aromatic rings. The molecule has 1 fully saturated rings. The molecular weight excluding hydrogens is 454 g/mol. The van der Waals surface area contributed by atoms with Crippen molar-refractivity contribution in [2.75, 3.05) is 38.9 Å². The number of aliphatic hydroxyl groups excluding tert-OH is 1.